The van der Waals surface area contributed by atoms with Crippen LogP contribution in [-0.2, 0) is 10.0 Å². The minimum absolute atomic E-state index is 0.0614. The Morgan fingerprint density at radius 3 is 2.42 bits per heavy atom. The first-order valence-corrected chi connectivity index (χ1v) is 13.7. The zero-order valence-electron chi connectivity index (χ0n) is 22.0. The molecule has 0 bridgehead atoms. The van der Waals surface area contributed by atoms with E-state index in [1.54, 1.807) is 24.4 Å². The highest BCUT2D eigenvalue weighted by Crippen LogP contribution is 2.36. The fraction of sp³-hybridized carbons (Fsp3) is 0.269. The molecule has 0 radical (unpaired) electrons. The molecule has 2 aromatic carbocycles. The van der Waals surface area contributed by atoms with E-state index in [4.69, 9.17) is 16.3 Å². The number of aromatic nitrogens is 4. The summed E-state index contributed by atoms with van der Waals surface area (Å²) in [6, 6.07) is 10.4. The highest BCUT2D eigenvalue weighted by Gasteiger charge is 2.22. The number of benzene rings is 2. The number of hydrogen-bond donors (Lipinski definition) is 3. The second-order valence-corrected chi connectivity index (χ2v) is 11.7. The summed E-state index contributed by atoms with van der Waals surface area (Å²) < 4.78 is 32.9. The molecule has 0 spiro atoms. The molecule has 0 aliphatic carbocycles. The second-order valence-electron chi connectivity index (χ2n) is 9.14. The van der Waals surface area contributed by atoms with Crippen molar-refractivity contribution < 1.29 is 13.2 Å². The molecule has 0 aliphatic heterocycles. The normalized spacial score (nSPS) is 11.7. The third kappa shape index (κ3) is 5.90. The molecule has 12 heteroatoms. The highest BCUT2D eigenvalue weighted by atomic mass is 35.5. The molecule has 38 heavy (non-hydrogen) atoms. The van der Waals surface area contributed by atoms with Crippen LogP contribution < -0.4 is 15.4 Å². The van der Waals surface area contributed by atoms with Crippen LogP contribution in [0, 0.1) is 13.8 Å². The molecular formula is C26H30ClN7O3S. The summed E-state index contributed by atoms with van der Waals surface area (Å²) in [7, 11) is -0.755. The van der Waals surface area contributed by atoms with Gasteiger partial charge in [-0.05, 0) is 57.5 Å². The zero-order valence-corrected chi connectivity index (χ0v) is 23.6. The number of aryl methyl sites for hydroxylation is 2. The van der Waals surface area contributed by atoms with Gasteiger partial charge in [0.05, 0.1) is 35.6 Å². The number of nitrogens with zero attached hydrogens (tertiary/aromatic N) is 4. The smallest absolute Gasteiger partial charge is 0.244 e. The Balaban J connectivity index is 1.72. The maximum absolute atomic E-state index is 12.8. The Kier molecular flexibility index (Phi) is 7.91. The number of sulfonamides is 1. The maximum atomic E-state index is 12.8. The van der Waals surface area contributed by atoms with E-state index in [-0.39, 0.29) is 27.8 Å². The first kappa shape index (κ1) is 27.4. The number of rotatable bonds is 9. The van der Waals surface area contributed by atoms with E-state index in [2.05, 4.69) is 30.6 Å². The fourth-order valence-corrected chi connectivity index (χ4v) is 4.91. The van der Waals surface area contributed by atoms with Gasteiger partial charge >= 0.3 is 0 Å². The number of hydrogen-bond acceptors (Lipinski definition) is 8. The monoisotopic (exact) mass is 555 g/mol. The molecule has 3 N–H and O–H groups in total. The molecule has 0 saturated heterocycles. The van der Waals surface area contributed by atoms with Crippen LogP contribution >= 0.6 is 11.6 Å². The van der Waals surface area contributed by atoms with Crippen LogP contribution in [0.2, 0.25) is 5.02 Å². The Morgan fingerprint density at radius 1 is 1.03 bits per heavy atom. The minimum atomic E-state index is -3.71. The first-order chi connectivity index (χ1) is 18.0. The molecule has 0 amide bonds. The van der Waals surface area contributed by atoms with Gasteiger partial charge in [0.15, 0.2) is 5.82 Å². The minimum Gasteiger partial charge on any atom is -0.489 e. The number of para-hydroxylation sites is 1. The van der Waals surface area contributed by atoms with E-state index in [9.17, 15) is 8.42 Å². The van der Waals surface area contributed by atoms with Crippen molar-refractivity contribution in [2.24, 2.45) is 0 Å². The number of nitrogens with one attached hydrogen (secondary N) is 3. The van der Waals surface area contributed by atoms with Crippen LogP contribution in [0.4, 0.5) is 23.1 Å². The number of H-pyrrole nitrogens is 1. The van der Waals surface area contributed by atoms with Crippen molar-refractivity contribution in [2.45, 2.75) is 38.7 Å². The average Bonchev–Trinajstić information content (AvgIpc) is 3.28. The Morgan fingerprint density at radius 2 is 1.76 bits per heavy atom. The van der Waals surface area contributed by atoms with E-state index in [0.717, 1.165) is 27.0 Å². The van der Waals surface area contributed by atoms with Crippen LogP contribution in [0.25, 0.3) is 11.3 Å². The highest BCUT2D eigenvalue weighted by molar-refractivity contribution is 7.89. The summed E-state index contributed by atoms with van der Waals surface area (Å²) in [6.07, 6.45) is 3.16. The molecule has 0 unspecified atom stereocenters. The molecule has 2 heterocycles. The molecule has 0 atom stereocenters. The van der Waals surface area contributed by atoms with Gasteiger partial charge in [-0.1, -0.05) is 23.7 Å². The van der Waals surface area contributed by atoms with E-state index in [1.807, 2.05) is 39.8 Å². The Labute approximate surface area is 227 Å². The molecule has 10 nitrogen and oxygen atoms in total. The molecule has 0 fully saturated rings. The lowest BCUT2D eigenvalue weighted by Crippen LogP contribution is -2.23. The lowest BCUT2D eigenvalue weighted by molar-refractivity contribution is 0.243. The number of ether oxygens (including phenoxy) is 1. The van der Waals surface area contributed by atoms with E-state index in [0.29, 0.717) is 17.1 Å². The van der Waals surface area contributed by atoms with Crippen LogP contribution in [0.5, 0.6) is 5.75 Å². The molecule has 4 aromatic rings. The van der Waals surface area contributed by atoms with Crippen molar-refractivity contribution in [3.63, 3.8) is 0 Å². The van der Waals surface area contributed by atoms with Crippen molar-refractivity contribution >= 4 is 44.8 Å². The maximum Gasteiger partial charge on any atom is 0.244 e. The molecular weight excluding hydrogens is 526 g/mol. The lowest BCUT2D eigenvalue weighted by Gasteiger charge is -2.19. The summed E-state index contributed by atoms with van der Waals surface area (Å²) in [5.41, 5.74) is 3.81. The predicted octanol–water partition coefficient (Wildman–Crippen LogP) is 5.66. The van der Waals surface area contributed by atoms with Crippen molar-refractivity contribution in [2.75, 3.05) is 24.7 Å². The molecule has 4 rings (SSSR count). The molecule has 2 aromatic heterocycles. The van der Waals surface area contributed by atoms with Gasteiger partial charge in [0, 0.05) is 19.7 Å². The number of aromatic amines is 1. The van der Waals surface area contributed by atoms with E-state index < -0.39 is 10.0 Å². The lowest BCUT2D eigenvalue weighted by atomic mass is 10.0. The quantitative estimate of drug-likeness (QED) is 0.241. The summed E-state index contributed by atoms with van der Waals surface area (Å²) in [4.78, 5) is 16.5. The van der Waals surface area contributed by atoms with Crippen molar-refractivity contribution in [3.05, 3.63) is 65.2 Å². The zero-order chi connectivity index (χ0) is 27.6. The third-order valence-corrected chi connectivity index (χ3v) is 7.72. The number of anilines is 4. The van der Waals surface area contributed by atoms with Gasteiger partial charge in [-0.25, -0.2) is 22.7 Å². The van der Waals surface area contributed by atoms with Crippen molar-refractivity contribution in [1.29, 1.82) is 0 Å². The summed E-state index contributed by atoms with van der Waals surface area (Å²) in [5.74, 6) is 1.93. The van der Waals surface area contributed by atoms with Crippen molar-refractivity contribution in [3.8, 4) is 17.0 Å². The van der Waals surface area contributed by atoms with Gasteiger partial charge in [-0.3, -0.25) is 0 Å². The molecule has 200 valence electrons. The van der Waals surface area contributed by atoms with Gasteiger partial charge in [-0.15, -0.1) is 0 Å². The van der Waals surface area contributed by atoms with Crippen LogP contribution in [0.1, 0.15) is 25.2 Å². The van der Waals surface area contributed by atoms with E-state index in [1.165, 1.54) is 26.4 Å². The standard InChI is InChI=1S/C26H30ClN7O3S/c1-15(2)37-23-11-16(3)18(22-14-28-17(4)30-22)12-21(23)32-26-29-13-19(27)25(33-26)31-20-9-7-8-10-24(20)38(35,36)34(5)6/h7-15H,1-6H3,(H,28,30)(H2,29,31,32,33). The first-order valence-electron chi connectivity index (χ1n) is 11.9. The number of imidazole rings is 1. The van der Waals surface area contributed by atoms with Gasteiger partial charge < -0.3 is 20.4 Å². The van der Waals surface area contributed by atoms with Crippen LogP contribution in [0.3, 0.4) is 0 Å². The van der Waals surface area contributed by atoms with Crippen LogP contribution in [0.15, 0.2) is 53.7 Å². The topological polar surface area (TPSA) is 125 Å². The van der Waals surface area contributed by atoms with E-state index >= 15 is 0 Å². The predicted molar refractivity (Wildman–Crippen MR) is 150 cm³/mol. The summed E-state index contributed by atoms with van der Waals surface area (Å²) in [6.45, 7) is 7.80. The van der Waals surface area contributed by atoms with Gasteiger partial charge in [-0.2, -0.15) is 4.98 Å². The van der Waals surface area contributed by atoms with Gasteiger partial charge in [0.1, 0.15) is 21.5 Å². The second kappa shape index (κ2) is 11.0. The molecule has 0 aliphatic rings. The fourth-order valence-electron chi connectivity index (χ4n) is 3.73. The number of halogens is 1. The molecule has 0 saturated carbocycles. The average molecular weight is 556 g/mol. The van der Waals surface area contributed by atoms with Gasteiger partial charge in [0.25, 0.3) is 0 Å². The van der Waals surface area contributed by atoms with Crippen LogP contribution in [-0.4, -0.2) is 52.9 Å². The SMILES string of the molecule is Cc1ncc(-c2cc(Nc3ncc(Cl)c(Nc4ccccc4S(=O)(=O)N(C)C)n3)c(OC(C)C)cc2C)[nH]1. The Bertz CT molecular complexity index is 1570. The van der Waals surface area contributed by atoms with Crippen molar-refractivity contribution in [1.82, 2.24) is 24.2 Å². The largest absolute Gasteiger partial charge is 0.489 e. The summed E-state index contributed by atoms with van der Waals surface area (Å²) in [5, 5.41) is 6.51. The van der Waals surface area contributed by atoms with Gasteiger partial charge in [0.2, 0.25) is 16.0 Å². The Hall–Kier alpha value is -3.67. The summed E-state index contributed by atoms with van der Waals surface area (Å²) >= 11 is 6.40. The third-order valence-electron chi connectivity index (χ3n) is 5.57.